The molecule has 1 aliphatic heterocycles. The number of nitrogen functional groups attached to an aromatic ring is 1. The van der Waals surface area contributed by atoms with Crippen molar-refractivity contribution in [3.63, 3.8) is 0 Å². The van der Waals surface area contributed by atoms with Crippen LogP contribution < -0.4 is 10.6 Å². The number of carbonyl (C=O) groups is 1. The van der Waals surface area contributed by atoms with E-state index in [4.69, 9.17) is 10.5 Å². The Morgan fingerprint density at radius 2 is 2.32 bits per heavy atom. The monoisotopic (exact) mass is 260 g/mol. The number of hydrogen-bond acceptors (Lipinski definition) is 4. The van der Waals surface area contributed by atoms with Crippen molar-refractivity contribution >= 4 is 17.3 Å². The predicted molar refractivity (Wildman–Crippen MR) is 75.3 cm³/mol. The zero-order valence-electron chi connectivity index (χ0n) is 11.3. The van der Waals surface area contributed by atoms with Crippen LogP contribution in [-0.2, 0) is 4.74 Å². The van der Waals surface area contributed by atoms with E-state index in [1.807, 2.05) is 19.1 Å². The van der Waals surface area contributed by atoms with Gasteiger partial charge in [-0.25, -0.2) is 4.79 Å². The van der Waals surface area contributed by atoms with E-state index < -0.39 is 0 Å². The molecule has 2 N–H and O–H groups in total. The van der Waals surface area contributed by atoms with E-state index in [1.165, 1.54) is 19.3 Å². The lowest BCUT2D eigenvalue weighted by molar-refractivity contribution is 0.0527. The predicted octanol–water partition coefficient (Wildman–Crippen LogP) is 2.43. The van der Waals surface area contributed by atoms with Crippen molar-refractivity contribution in [1.29, 1.82) is 0 Å². The van der Waals surface area contributed by atoms with Gasteiger partial charge in [0.25, 0.3) is 0 Å². The highest BCUT2D eigenvalue weighted by atomic mass is 16.5. The molecule has 1 saturated heterocycles. The quantitative estimate of drug-likeness (QED) is 0.670. The van der Waals surface area contributed by atoms with Crippen molar-refractivity contribution in [2.24, 2.45) is 5.92 Å². The van der Waals surface area contributed by atoms with E-state index in [0.717, 1.165) is 18.2 Å². The van der Waals surface area contributed by atoms with Crippen LogP contribution in [0.1, 0.15) is 36.5 Å². The minimum Gasteiger partial charge on any atom is -0.462 e. The Balaban J connectivity index is 1.94. The first kappa shape index (κ1) is 12.3. The third kappa shape index (κ3) is 2.15. The molecule has 0 aromatic heterocycles. The zero-order chi connectivity index (χ0) is 13.4. The van der Waals surface area contributed by atoms with E-state index in [0.29, 0.717) is 23.9 Å². The van der Waals surface area contributed by atoms with Crippen LogP contribution in [0.5, 0.6) is 0 Å². The first-order valence-electron chi connectivity index (χ1n) is 7.02. The molecule has 1 aliphatic carbocycles. The number of carbonyl (C=O) groups excluding carboxylic acids is 1. The molecule has 1 aromatic carbocycles. The number of hydrogen-bond donors (Lipinski definition) is 1. The van der Waals surface area contributed by atoms with Gasteiger partial charge in [0.1, 0.15) is 0 Å². The van der Waals surface area contributed by atoms with Gasteiger partial charge in [-0.1, -0.05) is 0 Å². The second-order valence-corrected chi connectivity index (χ2v) is 5.48. The Kier molecular flexibility index (Phi) is 3.09. The van der Waals surface area contributed by atoms with Crippen molar-refractivity contribution in [3.05, 3.63) is 23.8 Å². The number of fused-ring (bicyclic) bond motifs is 2. The van der Waals surface area contributed by atoms with Gasteiger partial charge >= 0.3 is 5.97 Å². The number of benzene rings is 1. The Morgan fingerprint density at radius 3 is 2.95 bits per heavy atom. The molecule has 4 heteroatoms. The molecule has 2 atom stereocenters. The highest BCUT2D eigenvalue weighted by Gasteiger charge is 2.39. The maximum Gasteiger partial charge on any atom is 0.340 e. The van der Waals surface area contributed by atoms with Crippen LogP contribution in [0.15, 0.2) is 18.2 Å². The molecule has 0 spiro atoms. The Hall–Kier alpha value is -1.71. The minimum atomic E-state index is -0.271. The van der Waals surface area contributed by atoms with E-state index in [1.54, 1.807) is 6.07 Å². The molecule has 4 nitrogen and oxygen atoms in total. The molecule has 19 heavy (non-hydrogen) atoms. The molecular weight excluding hydrogens is 240 g/mol. The fourth-order valence-electron chi connectivity index (χ4n) is 3.40. The number of nitrogens with zero attached hydrogens (tertiary/aromatic N) is 1. The summed E-state index contributed by atoms with van der Waals surface area (Å²) in [6.45, 7) is 3.27. The normalized spacial score (nSPS) is 24.8. The zero-order valence-corrected chi connectivity index (χ0v) is 11.3. The average Bonchev–Trinajstić information content (AvgIpc) is 3.01. The van der Waals surface area contributed by atoms with Crippen LogP contribution in [0, 0.1) is 5.92 Å². The Bertz CT molecular complexity index is 501. The number of ether oxygens (including phenoxy) is 1. The molecule has 2 fully saturated rings. The summed E-state index contributed by atoms with van der Waals surface area (Å²) in [5.74, 6) is 0.519. The van der Waals surface area contributed by atoms with Gasteiger partial charge in [-0.3, -0.25) is 0 Å². The summed E-state index contributed by atoms with van der Waals surface area (Å²) in [7, 11) is 0. The van der Waals surface area contributed by atoms with Gasteiger partial charge in [0.05, 0.1) is 17.9 Å². The molecule has 1 heterocycles. The second-order valence-electron chi connectivity index (χ2n) is 5.48. The highest BCUT2D eigenvalue weighted by molar-refractivity contribution is 5.97. The van der Waals surface area contributed by atoms with Crippen molar-refractivity contribution < 1.29 is 9.53 Å². The highest BCUT2D eigenvalue weighted by Crippen LogP contribution is 2.41. The van der Waals surface area contributed by atoms with Gasteiger partial charge in [0, 0.05) is 18.3 Å². The van der Waals surface area contributed by atoms with E-state index >= 15 is 0 Å². The molecule has 2 bridgehead atoms. The number of anilines is 2. The second kappa shape index (κ2) is 4.76. The van der Waals surface area contributed by atoms with Crippen LogP contribution >= 0.6 is 0 Å². The lowest BCUT2D eigenvalue weighted by atomic mass is 10.1. The summed E-state index contributed by atoms with van der Waals surface area (Å²) in [6.07, 6.45) is 3.81. The summed E-state index contributed by atoms with van der Waals surface area (Å²) in [4.78, 5) is 14.4. The number of nitrogens with two attached hydrogens (primary N) is 1. The van der Waals surface area contributed by atoms with Crippen LogP contribution in [0.25, 0.3) is 0 Å². The first-order chi connectivity index (χ1) is 9.19. The summed E-state index contributed by atoms with van der Waals surface area (Å²) in [5.41, 5.74) is 8.01. The average molecular weight is 260 g/mol. The molecule has 0 radical (unpaired) electrons. The maximum atomic E-state index is 12.1. The molecule has 2 aliphatic rings. The van der Waals surface area contributed by atoms with E-state index in [2.05, 4.69) is 4.90 Å². The summed E-state index contributed by atoms with van der Waals surface area (Å²) < 4.78 is 5.14. The van der Waals surface area contributed by atoms with E-state index in [9.17, 15) is 4.79 Å². The minimum absolute atomic E-state index is 0.271. The van der Waals surface area contributed by atoms with Crippen LogP contribution in [0.2, 0.25) is 0 Å². The number of piperidine rings is 1. The van der Waals surface area contributed by atoms with Gasteiger partial charge in [0.2, 0.25) is 0 Å². The fourth-order valence-corrected chi connectivity index (χ4v) is 3.40. The van der Waals surface area contributed by atoms with Crippen molar-refractivity contribution in [1.82, 2.24) is 0 Å². The molecular formula is C15H20N2O2. The Morgan fingerprint density at radius 1 is 1.47 bits per heavy atom. The SMILES string of the molecule is CCOC(=O)c1cc(N)ccc1N1CC2CCC1C2. The van der Waals surface area contributed by atoms with Crippen LogP contribution in [0.4, 0.5) is 11.4 Å². The number of esters is 1. The summed E-state index contributed by atoms with van der Waals surface area (Å²) in [5, 5.41) is 0. The van der Waals surface area contributed by atoms with Crippen molar-refractivity contribution in [2.75, 3.05) is 23.8 Å². The molecule has 2 unspecified atom stereocenters. The third-order valence-corrected chi connectivity index (χ3v) is 4.23. The number of rotatable bonds is 3. The standard InChI is InChI=1S/C15H20N2O2/c1-2-19-15(18)13-8-11(16)4-6-14(13)17-9-10-3-5-12(17)7-10/h4,6,8,10,12H,2-3,5,7,9,16H2,1H3. The fraction of sp³-hybridized carbons (Fsp3) is 0.533. The maximum absolute atomic E-state index is 12.1. The summed E-state index contributed by atoms with van der Waals surface area (Å²) in [6, 6.07) is 6.15. The summed E-state index contributed by atoms with van der Waals surface area (Å²) >= 11 is 0. The molecule has 0 amide bonds. The van der Waals surface area contributed by atoms with Gasteiger partial charge in [-0.15, -0.1) is 0 Å². The Labute approximate surface area is 113 Å². The molecule has 3 rings (SSSR count). The van der Waals surface area contributed by atoms with Gasteiger partial charge in [-0.05, 0) is 50.3 Å². The lowest BCUT2D eigenvalue weighted by Gasteiger charge is -2.30. The van der Waals surface area contributed by atoms with Crippen LogP contribution in [0.3, 0.4) is 0 Å². The third-order valence-electron chi connectivity index (χ3n) is 4.23. The van der Waals surface area contributed by atoms with E-state index in [-0.39, 0.29) is 5.97 Å². The molecule has 102 valence electrons. The lowest BCUT2D eigenvalue weighted by Crippen LogP contribution is -2.33. The molecule has 1 saturated carbocycles. The van der Waals surface area contributed by atoms with Crippen LogP contribution in [-0.4, -0.2) is 25.2 Å². The van der Waals surface area contributed by atoms with Crippen molar-refractivity contribution in [3.8, 4) is 0 Å². The van der Waals surface area contributed by atoms with Gasteiger partial charge in [-0.2, -0.15) is 0 Å². The smallest absolute Gasteiger partial charge is 0.340 e. The molecule has 1 aromatic rings. The van der Waals surface area contributed by atoms with Crippen molar-refractivity contribution in [2.45, 2.75) is 32.2 Å². The largest absolute Gasteiger partial charge is 0.462 e. The first-order valence-corrected chi connectivity index (χ1v) is 7.02. The van der Waals surface area contributed by atoms with Gasteiger partial charge in [0.15, 0.2) is 0 Å². The van der Waals surface area contributed by atoms with Gasteiger partial charge < -0.3 is 15.4 Å². The topological polar surface area (TPSA) is 55.6 Å².